The topological polar surface area (TPSA) is 78.4 Å². The van der Waals surface area contributed by atoms with Crippen LogP contribution in [0.4, 0.5) is 11.4 Å². The minimum Gasteiger partial charge on any atom is -0.504 e. The molecule has 0 saturated heterocycles. The molecule has 1 fully saturated rings. The van der Waals surface area contributed by atoms with Gasteiger partial charge >= 0.3 is 0 Å². The number of nitrogens with one attached hydrogen (secondary N) is 2. The number of rotatable bonds is 4. The van der Waals surface area contributed by atoms with E-state index in [1.54, 1.807) is 36.4 Å². The van der Waals surface area contributed by atoms with E-state index in [1.807, 2.05) is 0 Å². The van der Waals surface area contributed by atoms with Crippen molar-refractivity contribution in [3.63, 3.8) is 0 Å². The number of carbonyl (C=O) groups excluding carboxylic acids is 2. The number of carbonyl (C=O) groups is 2. The van der Waals surface area contributed by atoms with E-state index in [-0.39, 0.29) is 28.3 Å². The summed E-state index contributed by atoms with van der Waals surface area (Å²) in [5.74, 6) is -0.503. The van der Waals surface area contributed by atoms with Gasteiger partial charge in [0.25, 0.3) is 5.91 Å². The molecule has 0 bridgehead atoms. The van der Waals surface area contributed by atoms with Crippen LogP contribution in [-0.4, -0.2) is 16.9 Å². The number of hydrogen-bond donors (Lipinski definition) is 3. The monoisotopic (exact) mass is 330 g/mol. The maximum Gasteiger partial charge on any atom is 0.255 e. The van der Waals surface area contributed by atoms with Crippen LogP contribution in [0.2, 0.25) is 5.02 Å². The van der Waals surface area contributed by atoms with E-state index in [0.29, 0.717) is 11.3 Å². The number of amides is 2. The lowest BCUT2D eigenvalue weighted by molar-refractivity contribution is -0.117. The Hall–Kier alpha value is -2.53. The average Bonchev–Trinajstić information content (AvgIpc) is 3.37. The summed E-state index contributed by atoms with van der Waals surface area (Å²) in [5, 5.41) is 15.4. The summed E-state index contributed by atoms with van der Waals surface area (Å²) in [7, 11) is 0. The van der Waals surface area contributed by atoms with Gasteiger partial charge in [0.15, 0.2) is 5.75 Å². The van der Waals surface area contributed by atoms with Crippen molar-refractivity contribution >= 4 is 34.8 Å². The first-order valence-corrected chi connectivity index (χ1v) is 7.62. The molecule has 1 aliphatic carbocycles. The molecular weight excluding hydrogens is 316 g/mol. The third-order valence-electron chi connectivity index (χ3n) is 3.58. The molecule has 0 aliphatic heterocycles. The molecule has 3 N–H and O–H groups in total. The maximum atomic E-state index is 12.3. The van der Waals surface area contributed by atoms with E-state index in [0.717, 1.165) is 12.8 Å². The summed E-state index contributed by atoms with van der Waals surface area (Å²) in [6.07, 6.45) is 1.83. The van der Waals surface area contributed by atoms with Gasteiger partial charge in [-0.1, -0.05) is 23.7 Å². The first kappa shape index (κ1) is 15.4. The summed E-state index contributed by atoms with van der Waals surface area (Å²) in [5.41, 5.74) is 1.18. The molecule has 0 spiro atoms. The first-order chi connectivity index (χ1) is 11.0. The molecule has 0 heterocycles. The fraction of sp³-hybridized carbons (Fsp3) is 0.176. The van der Waals surface area contributed by atoms with Gasteiger partial charge in [-0.3, -0.25) is 9.59 Å². The molecule has 118 valence electrons. The van der Waals surface area contributed by atoms with Gasteiger partial charge < -0.3 is 15.7 Å². The molecule has 2 aromatic rings. The number of phenols is 1. The summed E-state index contributed by atoms with van der Waals surface area (Å²) >= 11 is 5.81. The van der Waals surface area contributed by atoms with Crippen molar-refractivity contribution in [1.29, 1.82) is 0 Å². The molecule has 1 aliphatic rings. The van der Waals surface area contributed by atoms with Gasteiger partial charge in [-0.05, 0) is 43.2 Å². The average molecular weight is 331 g/mol. The van der Waals surface area contributed by atoms with Crippen LogP contribution in [0.1, 0.15) is 23.2 Å². The Morgan fingerprint density at radius 1 is 1.09 bits per heavy atom. The van der Waals surface area contributed by atoms with Crippen molar-refractivity contribution in [3.05, 3.63) is 53.1 Å². The van der Waals surface area contributed by atoms with Gasteiger partial charge in [0.2, 0.25) is 5.91 Å². The van der Waals surface area contributed by atoms with Gasteiger partial charge in [-0.2, -0.15) is 0 Å². The van der Waals surface area contributed by atoms with Gasteiger partial charge in [0.1, 0.15) is 0 Å². The first-order valence-electron chi connectivity index (χ1n) is 7.24. The van der Waals surface area contributed by atoms with E-state index in [1.165, 1.54) is 6.07 Å². The standard InChI is InChI=1S/C17H15ClN2O3/c18-13-5-2-6-14(15(13)21)20-17(23)11-3-1-4-12(9-11)19-16(22)10-7-8-10/h1-6,9-10,21H,7-8H2,(H,19,22)(H,20,23). The molecule has 0 radical (unpaired) electrons. The Kier molecular flexibility index (Phi) is 4.21. The highest BCUT2D eigenvalue weighted by molar-refractivity contribution is 6.32. The lowest BCUT2D eigenvalue weighted by Gasteiger charge is -2.10. The highest BCUT2D eigenvalue weighted by Crippen LogP contribution is 2.32. The zero-order valence-electron chi connectivity index (χ0n) is 12.2. The lowest BCUT2D eigenvalue weighted by Crippen LogP contribution is -2.15. The Bertz CT molecular complexity index is 772. The van der Waals surface area contributed by atoms with Crippen LogP contribution >= 0.6 is 11.6 Å². The van der Waals surface area contributed by atoms with Crippen LogP contribution in [0.3, 0.4) is 0 Å². The Morgan fingerprint density at radius 3 is 2.57 bits per heavy atom. The highest BCUT2D eigenvalue weighted by atomic mass is 35.5. The SMILES string of the molecule is O=C(Nc1cccc(Cl)c1O)c1cccc(NC(=O)C2CC2)c1. The third-order valence-corrected chi connectivity index (χ3v) is 3.88. The quantitative estimate of drug-likeness (QED) is 0.749. The van der Waals surface area contributed by atoms with Crippen molar-refractivity contribution in [3.8, 4) is 5.75 Å². The van der Waals surface area contributed by atoms with Crippen molar-refractivity contribution in [2.24, 2.45) is 5.92 Å². The van der Waals surface area contributed by atoms with Crippen molar-refractivity contribution in [2.75, 3.05) is 10.6 Å². The summed E-state index contributed by atoms with van der Waals surface area (Å²) < 4.78 is 0. The Labute approximate surface area is 138 Å². The number of para-hydroxylation sites is 1. The fourth-order valence-corrected chi connectivity index (χ4v) is 2.31. The number of phenolic OH excluding ortho intramolecular Hbond substituents is 1. The minimum absolute atomic E-state index is 0.0185. The second kappa shape index (κ2) is 6.30. The zero-order valence-corrected chi connectivity index (χ0v) is 12.9. The number of benzene rings is 2. The molecule has 2 aromatic carbocycles. The van der Waals surface area contributed by atoms with Gasteiger partial charge in [0.05, 0.1) is 10.7 Å². The Morgan fingerprint density at radius 2 is 1.83 bits per heavy atom. The molecule has 0 atom stereocenters. The van der Waals surface area contributed by atoms with E-state index < -0.39 is 5.91 Å². The van der Waals surface area contributed by atoms with E-state index >= 15 is 0 Å². The number of anilines is 2. The van der Waals surface area contributed by atoms with Crippen LogP contribution in [-0.2, 0) is 4.79 Å². The molecule has 3 rings (SSSR count). The fourth-order valence-electron chi connectivity index (χ4n) is 2.14. The smallest absolute Gasteiger partial charge is 0.255 e. The summed E-state index contributed by atoms with van der Waals surface area (Å²) in [6.45, 7) is 0. The van der Waals surface area contributed by atoms with Gasteiger partial charge in [0, 0.05) is 17.2 Å². The molecule has 0 aromatic heterocycles. The van der Waals surface area contributed by atoms with Crippen molar-refractivity contribution < 1.29 is 14.7 Å². The molecule has 23 heavy (non-hydrogen) atoms. The van der Waals surface area contributed by atoms with E-state index in [9.17, 15) is 14.7 Å². The third kappa shape index (κ3) is 3.63. The number of halogens is 1. The predicted octanol–water partition coefficient (Wildman–Crippen LogP) is 3.65. The minimum atomic E-state index is -0.398. The van der Waals surface area contributed by atoms with Gasteiger partial charge in [-0.25, -0.2) is 0 Å². The molecule has 1 saturated carbocycles. The second-order valence-electron chi connectivity index (χ2n) is 5.43. The largest absolute Gasteiger partial charge is 0.504 e. The van der Waals surface area contributed by atoms with Crippen LogP contribution in [0, 0.1) is 5.92 Å². The van der Waals surface area contributed by atoms with Crippen molar-refractivity contribution in [2.45, 2.75) is 12.8 Å². The molecule has 2 amide bonds. The maximum absolute atomic E-state index is 12.3. The summed E-state index contributed by atoms with van der Waals surface area (Å²) in [4.78, 5) is 24.1. The van der Waals surface area contributed by atoms with E-state index in [2.05, 4.69) is 10.6 Å². The number of aromatic hydroxyl groups is 1. The van der Waals surface area contributed by atoms with Crippen LogP contribution < -0.4 is 10.6 Å². The predicted molar refractivity (Wildman–Crippen MR) is 88.9 cm³/mol. The lowest BCUT2D eigenvalue weighted by atomic mass is 10.1. The van der Waals surface area contributed by atoms with Crippen LogP contribution in [0.25, 0.3) is 0 Å². The summed E-state index contributed by atoms with van der Waals surface area (Å²) in [6, 6.07) is 11.4. The normalized spacial score (nSPS) is 13.4. The molecular formula is C17H15ClN2O3. The molecule has 6 heteroatoms. The number of hydrogen-bond acceptors (Lipinski definition) is 3. The zero-order chi connectivity index (χ0) is 16.4. The Balaban J connectivity index is 1.74. The van der Waals surface area contributed by atoms with Crippen LogP contribution in [0.15, 0.2) is 42.5 Å². The van der Waals surface area contributed by atoms with E-state index in [4.69, 9.17) is 11.6 Å². The highest BCUT2D eigenvalue weighted by Gasteiger charge is 2.29. The van der Waals surface area contributed by atoms with Crippen LogP contribution in [0.5, 0.6) is 5.75 Å². The second-order valence-corrected chi connectivity index (χ2v) is 5.84. The van der Waals surface area contributed by atoms with Gasteiger partial charge in [-0.15, -0.1) is 0 Å². The molecule has 5 nitrogen and oxygen atoms in total. The molecule has 0 unspecified atom stereocenters. The van der Waals surface area contributed by atoms with Crippen molar-refractivity contribution in [1.82, 2.24) is 0 Å².